The van der Waals surface area contributed by atoms with Crippen molar-refractivity contribution >= 4 is 29.0 Å². The Hall–Kier alpha value is -2.74. The lowest BCUT2D eigenvalue weighted by Gasteiger charge is -2.34. The average molecular weight is 411 g/mol. The fraction of sp³-hybridized carbons (Fsp3) is 0.182. The Balaban J connectivity index is 1.78. The number of Topliss-reactive ketones (excluding diaryl/α,β-unsaturated/α-hetero) is 1. The molecular weight excluding hydrogens is 395 g/mol. The summed E-state index contributed by atoms with van der Waals surface area (Å²) in [6.07, 6.45) is 0.843. The summed E-state index contributed by atoms with van der Waals surface area (Å²) in [4.78, 5) is 13.1. The molecule has 0 saturated carbocycles. The fourth-order valence-corrected chi connectivity index (χ4v) is 4.22. The van der Waals surface area contributed by atoms with Crippen LogP contribution in [-0.4, -0.2) is 5.78 Å². The molecule has 6 heteroatoms. The first-order valence-corrected chi connectivity index (χ1v) is 9.58. The van der Waals surface area contributed by atoms with Crippen LogP contribution in [0.2, 0.25) is 10.0 Å². The van der Waals surface area contributed by atoms with E-state index in [-0.39, 0.29) is 23.2 Å². The van der Waals surface area contributed by atoms with E-state index in [0.29, 0.717) is 34.2 Å². The van der Waals surface area contributed by atoms with Crippen LogP contribution in [0, 0.1) is 11.3 Å². The summed E-state index contributed by atoms with van der Waals surface area (Å²) in [6, 6.07) is 16.7. The maximum atomic E-state index is 13.1. The van der Waals surface area contributed by atoms with Gasteiger partial charge >= 0.3 is 0 Å². The summed E-state index contributed by atoms with van der Waals surface area (Å²) >= 11 is 12.1. The van der Waals surface area contributed by atoms with Crippen molar-refractivity contribution in [3.05, 3.63) is 92.5 Å². The summed E-state index contributed by atoms with van der Waals surface area (Å²) in [5, 5.41) is 10.8. The Bertz CT molecular complexity index is 1060. The molecule has 2 aliphatic rings. The summed E-state index contributed by atoms with van der Waals surface area (Å²) in [5.74, 6) is -0.0732. The molecule has 2 N–H and O–H groups in total. The van der Waals surface area contributed by atoms with Crippen molar-refractivity contribution in [1.82, 2.24) is 0 Å². The minimum Gasteiger partial charge on any atom is -0.444 e. The highest BCUT2D eigenvalue weighted by Gasteiger charge is 2.40. The van der Waals surface area contributed by atoms with E-state index in [2.05, 4.69) is 6.07 Å². The lowest BCUT2D eigenvalue weighted by atomic mass is 9.73. The van der Waals surface area contributed by atoms with Crippen LogP contribution in [-0.2, 0) is 9.53 Å². The van der Waals surface area contributed by atoms with E-state index in [4.69, 9.17) is 33.7 Å². The standard InChI is InChI=1S/C22H16Cl2N2O2/c23-15-6-4-12(5-7-15)20-17(11-25)22(26)28-19-10-14(9-18(27)21(19)20)13-2-1-3-16(24)8-13/h1-8,14,20H,9-10,26H2/t14-,20+/m1/s1. The van der Waals surface area contributed by atoms with E-state index in [9.17, 15) is 10.1 Å². The van der Waals surface area contributed by atoms with Gasteiger partial charge in [-0.3, -0.25) is 4.79 Å². The van der Waals surface area contributed by atoms with Crippen LogP contribution in [0.1, 0.15) is 35.8 Å². The number of carbonyl (C=O) groups excluding carboxylic acids is 1. The molecule has 0 radical (unpaired) electrons. The third-order valence-electron chi connectivity index (χ3n) is 5.18. The zero-order chi connectivity index (χ0) is 19.8. The van der Waals surface area contributed by atoms with Crippen LogP contribution in [0.15, 0.2) is 71.3 Å². The molecule has 1 aliphatic carbocycles. The molecule has 2 atom stereocenters. The number of nitriles is 1. The van der Waals surface area contributed by atoms with Crippen molar-refractivity contribution in [1.29, 1.82) is 5.26 Å². The van der Waals surface area contributed by atoms with Crippen molar-refractivity contribution in [2.45, 2.75) is 24.7 Å². The molecule has 1 heterocycles. The minimum atomic E-state index is -0.543. The molecule has 0 fully saturated rings. The first-order chi connectivity index (χ1) is 13.5. The predicted molar refractivity (Wildman–Crippen MR) is 108 cm³/mol. The highest BCUT2D eigenvalue weighted by atomic mass is 35.5. The second-order valence-electron chi connectivity index (χ2n) is 6.90. The number of ether oxygens (including phenoxy) is 1. The first kappa shape index (κ1) is 18.6. The van der Waals surface area contributed by atoms with Gasteiger partial charge in [-0.15, -0.1) is 0 Å². The number of ketones is 1. The second-order valence-corrected chi connectivity index (χ2v) is 7.77. The van der Waals surface area contributed by atoms with Crippen LogP contribution in [0.25, 0.3) is 0 Å². The van der Waals surface area contributed by atoms with Gasteiger partial charge in [0.15, 0.2) is 5.78 Å². The highest BCUT2D eigenvalue weighted by Crippen LogP contribution is 2.46. The number of nitrogens with two attached hydrogens (primary N) is 1. The molecule has 2 aromatic carbocycles. The van der Waals surface area contributed by atoms with Gasteiger partial charge in [0.1, 0.15) is 17.4 Å². The number of allylic oxidation sites excluding steroid dienone is 3. The molecule has 4 rings (SSSR count). The highest BCUT2D eigenvalue weighted by molar-refractivity contribution is 6.30. The van der Waals surface area contributed by atoms with Crippen molar-refractivity contribution in [3.8, 4) is 6.07 Å². The van der Waals surface area contributed by atoms with Crippen LogP contribution < -0.4 is 5.73 Å². The van der Waals surface area contributed by atoms with Crippen molar-refractivity contribution in [3.63, 3.8) is 0 Å². The number of hydrogen-bond acceptors (Lipinski definition) is 4. The summed E-state index contributed by atoms with van der Waals surface area (Å²) < 4.78 is 5.76. The predicted octanol–water partition coefficient (Wildman–Crippen LogP) is 5.20. The molecule has 0 aromatic heterocycles. The van der Waals surface area contributed by atoms with Gasteiger partial charge in [-0.1, -0.05) is 47.5 Å². The number of nitrogens with zero attached hydrogens (tertiary/aromatic N) is 1. The third-order valence-corrected chi connectivity index (χ3v) is 5.67. The smallest absolute Gasteiger partial charge is 0.205 e. The van der Waals surface area contributed by atoms with Gasteiger partial charge in [-0.05, 0) is 41.3 Å². The first-order valence-electron chi connectivity index (χ1n) is 8.82. The molecule has 0 saturated heterocycles. The SMILES string of the molecule is N#CC1=C(N)OC2=C(C(=O)C[C@@H](c3cccc(Cl)c3)C2)[C@H]1c1ccc(Cl)cc1. The van der Waals surface area contributed by atoms with E-state index in [1.807, 2.05) is 30.3 Å². The van der Waals surface area contributed by atoms with E-state index >= 15 is 0 Å². The zero-order valence-electron chi connectivity index (χ0n) is 14.8. The summed E-state index contributed by atoms with van der Waals surface area (Å²) in [6.45, 7) is 0. The molecule has 0 bridgehead atoms. The molecule has 140 valence electrons. The molecular formula is C22H16Cl2N2O2. The number of rotatable bonds is 2. The lowest BCUT2D eigenvalue weighted by Crippen LogP contribution is -2.29. The van der Waals surface area contributed by atoms with Gasteiger partial charge in [-0.25, -0.2) is 0 Å². The molecule has 0 spiro atoms. The Morgan fingerprint density at radius 1 is 1.04 bits per heavy atom. The summed E-state index contributed by atoms with van der Waals surface area (Å²) in [5.41, 5.74) is 8.57. The Morgan fingerprint density at radius 3 is 2.46 bits per heavy atom. The van der Waals surface area contributed by atoms with Crippen LogP contribution >= 0.6 is 23.2 Å². The van der Waals surface area contributed by atoms with Gasteiger partial charge < -0.3 is 10.5 Å². The molecule has 4 nitrogen and oxygen atoms in total. The van der Waals surface area contributed by atoms with E-state index < -0.39 is 5.92 Å². The average Bonchev–Trinajstić information content (AvgIpc) is 2.67. The molecule has 1 aliphatic heterocycles. The monoisotopic (exact) mass is 410 g/mol. The van der Waals surface area contributed by atoms with Crippen LogP contribution in [0.3, 0.4) is 0 Å². The molecule has 28 heavy (non-hydrogen) atoms. The fourth-order valence-electron chi connectivity index (χ4n) is 3.89. The largest absolute Gasteiger partial charge is 0.444 e. The van der Waals surface area contributed by atoms with Gasteiger partial charge in [0.25, 0.3) is 0 Å². The Kier molecular flexibility index (Phi) is 4.89. The quantitative estimate of drug-likeness (QED) is 0.737. The zero-order valence-corrected chi connectivity index (χ0v) is 16.3. The topological polar surface area (TPSA) is 76.1 Å². The third kappa shape index (κ3) is 3.28. The molecule has 2 aromatic rings. The van der Waals surface area contributed by atoms with Crippen molar-refractivity contribution < 1.29 is 9.53 Å². The minimum absolute atomic E-state index is 0.0424. The second kappa shape index (κ2) is 7.35. The van der Waals surface area contributed by atoms with Gasteiger partial charge in [-0.2, -0.15) is 5.26 Å². The number of hydrogen-bond donors (Lipinski definition) is 1. The lowest BCUT2D eigenvalue weighted by molar-refractivity contribution is -0.117. The van der Waals surface area contributed by atoms with Gasteiger partial charge in [0, 0.05) is 28.5 Å². The normalized spacial score (nSPS) is 21.8. The van der Waals surface area contributed by atoms with Gasteiger partial charge in [0.05, 0.1) is 5.92 Å². The number of halogens is 2. The maximum absolute atomic E-state index is 13.1. The van der Waals surface area contributed by atoms with E-state index in [1.165, 1.54) is 0 Å². The van der Waals surface area contributed by atoms with Crippen molar-refractivity contribution in [2.24, 2.45) is 5.73 Å². The number of benzene rings is 2. The summed E-state index contributed by atoms with van der Waals surface area (Å²) in [7, 11) is 0. The van der Waals surface area contributed by atoms with E-state index in [1.54, 1.807) is 18.2 Å². The van der Waals surface area contributed by atoms with Crippen LogP contribution in [0.5, 0.6) is 0 Å². The Morgan fingerprint density at radius 2 is 1.79 bits per heavy atom. The van der Waals surface area contributed by atoms with Gasteiger partial charge in [0.2, 0.25) is 5.88 Å². The van der Waals surface area contributed by atoms with Crippen molar-refractivity contribution in [2.75, 3.05) is 0 Å². The maximum Gasteiger partial charge on any atom is 0.205 e. The molecule has 0 unspecified atom stereocenters. The number of carbonyl (C=O) groups is 1. The Labute approximate surface area is 172 Å². The van der Waals surface area contributed by atoms with E-state index in [0.717, 1.165) is 11.1 Å². The van der Waals surface area contributed by atoms with Crippen LogP contribution in [0.4, 0.5) is 0 Å². The molecule has 0 amide bonds.